The monoisotopic (exact) mass is 203 g/mol. The van der Waals surface area contributed by atoms with Crippen LogP contribution < -0.4 is 4.68 Å². The van der Waals surface area contributed by atoms with Gasteiger partial charge in [0.05, 0.1) is 0 Å². The molecule has 2 aromatic rings. The van der Waals surface area contributed by atoms with E-state index in [2.05, 4.69) is 5.10 Å². The van der Waals surface area contributed by atoms with Crippen LogP contribution in [0.2, 0.25) is 0 Å². The molecule has 0 unspecified atom stereocenters. The fourth-order valence-electron chi connectivity index (χ4n) is 1.41. The maximum absolute atomic E-state index is 10.4. The van der Waals surface area contributed by atoms with Gasteiger partial charge in [-0.3, -0.25) is 4.79 Å². The molecule has 0 saturated carbocycles. The molecular formula is C11H11N2O2+. The number of aromatic nitrogens is 2. The predicted octanol–water partition coefficient (Wildman–Crippen LogP) is 0.997. The number of aryl methyl sites for hydroxylation is 1. The summed E-state index contributed by atoms with van der Waals surface area (Å²) in [5.41, 5.74) is 0. The fraction of sp³-hybridized carbons (Fsp3) is 0.182. The largest absolute Gasteiger partial charge is 0.481 e. The molecule has 0 aliphatic carbocycles. The molecular weight excluding hydrogens is 192 g/mol. The third kappa shape index (κ3) is 2.28. The average molecular weight is 203 g/mol. The number of hydrogen-bond acceptors (Lipinski definition) is 2. The molecule has 1 N–H and O–H groups in total. The number of rotatable bonds is 3. The topological polar surface area (TPSA) is 54.1 Å². The van der Waals surface area contributed by atoms with Crippen LogP contribution in [0.4, 0.5) is 0 Å². The highest BCUT2D eigenvalue weighted by Gasteiger charge is 2.07. The first-order valence-electron chi connectivity index (χ1n) is 4.72. The lowest BCUT2D eigenvalue weighted by Gasteiger charge is -1.95. The summed E-state index contributed by atoms with van der Waals surface area (Å²) in [6.07, 6.45) is 3.70. The molecule has 0 saturated heterocycles. The Hall–Kier alpha value is -1.97. The lowest BCUT2D eigenvalue weighted by molar-refractivity contribution is -0.751. The van der Waals surface area contributed by atoms with Crippen LogP contribution in [0, 0.1) is 0 Å². The first-order chi connectivity index (χ1) is 7.25. The van der Waals surface area contributed by atoms with Gasteiger partial charge in [-0.1, -0.05) is 22.9 Å². The molecule has 76 valence electrons. The standard InChI is InChI=1S/C11H10N2O2/c14-11(15)5-6-13-8-10-4-2-1-3-9(10)7-12-13/h1-4,7-8H,5-6H2/p+1. The van der Waals surface area contributed by atoms with Crippen LogP contribution >= 0.6 is 0 Å². The van der Waals surface area contributed by atoms with Crippen LogP contribution in [0.5, 0.6) is 0 Å². The molecule has 4 nitrogen and oxygen atoms in total. The molecule has 1 heterocycles. The zero-order valence-electron chi connectivity index (χ0n) is 8.13. The molecule has 15 heavy (non-hydrogen) atoms. The van der Waals surface area contributed by atoms with Crippen LogP contribution in [0.15, 0.2) is 36.7 Å². The molecule has 0 bridgehead atoms. The second kappa shape index (κ2) is 4.04. The van der Waals surface area contributed by atoms with Crippen molar-refractivity contribution < 1.29 is 14.6 Å². The molecule has 0 atom stereocenters. The van der Waals surface area contributed by atoms with E-state index in [0.717, 1.165) is 10.8 Å². The lowest BCUT2D eigenvalue weighted by Crippen LogP contribution is -2.38. The molecule has 0 aliphatic rings. The van der Waals surface area contributed by atoms with Crippen LogP contribution in [0.25, 0.3) is 10.8 Å². The Labute approximate surface area is 86.8 Å². The van der Waals surface area contributed by atoms with Gasteiger partial charge in [0.2, 0.25) is 6.20 Å². The summed E-state index contributed by atoms with van der Waals surface area (Å²) in [5.74, 6) is -0.808. The van der Waals surface area contributed by atoms with Crippen LogP contribution in [0.1, 0.15) is 6.42 Å². The van der Waals surface area contributed by atoms with E-state index >= 15 is 0 Å². The highest BCUT2D eigenvalue weighted by atomic mass is 16.4. The summed E-state index contributed by atoms with van der Waals surface area (Å²) in [7, 11) is 0. The minimum absolute atomic E-state index is 0.0933. The van der Waals surface area contributed by atoms with Crippen molar-refractivity contribution in [3.05, 3.63) is 36.7 Å². The summed E-state index contributed by atoms with van der Waals surface area (Å²) in [5, 5.41) is 14.8. The molecule has 0 fully saturated rings. The zero-order valence-corrected chi connectivity index (χ0v) is 8.13. The molecule has 0 spiro atoms. The molecule has 1 aromatic heterocycles. The second-order valence-corrected chi connectivity index (χ2v) is 3.31. The van der Waals surface area contributed by atoms with Gasteiger partial charge in [0.15, 0.2) is 6.54 Å². The van der Waals surface area contributed by atoms with E-state index in [0.29, 0.717) is 6.54 Å². The van der Waals surface area contributed by atoms with Gasteiger partial charge >= 0.3 is 5.97 Å². The normalized spacial score (nSPS) is 10.4. The predicted molar refractivity (Wildman–Crippen MR) is 54.2 cm³/mol. The highest BCUT2D eigenvalue weighted by molar-refractivity contribution is 5.79. The number of carboxylic acids is 1. The third-order valence-corrected chi connectivity index (χ3v) is 2.18. The van der Waals surface area contributed by atoms with Crippen LogP contribution in [-0.2, 0) is 11.3 Å². The van der Waals surface area contributed by atoms with Crippen LogP contribution in [0.3, 0.4) is 0 Å². The Balaban J connectivity index is 2.26. The quantitative estimate of drug-likeness (QED) is 0.757. The maximum atomic E-state index is 10.4. The van der Waals surface area contributed by atoms with Crippen molar-refractivity contribution in [2.75, 3.05) is 0 Å². The number of benzene rings is 1. The van der Waals surface area contributed by atoms with Gasteiger partial charge in [-0.05, 0) is 11.2 Å². The molecule has 0 amide bonds. The van der Waals surface area contributed by atoms with Gasteiger partial charge in [-0.2, -0.15) is 0 Å². The first kappa shape index (κ1) is 9.58. The third-order valence-electron chi connectivity index (χ3n) is 2.18. The van der Waals surface area contributed by atoms with Gasteiger partial charge in [0, 0.05) is 10.8 Å². The molecule has 0 aliphatic heterocycles. The minimum atomic E-state index is -0.808. The van der Waals surface area contributed by atoms with Crippen molar-refractivity contribution in [1.82, 2.24) is 5.10 Å². The fourth-order valence-corrected chi connectivity index (χ4v) is 1.41. The summed E-state index contributed by atoms with van der Waals surface area (Å²) < 4.78 is 1.65. The first-order valence-corrected chi connectivity index (χ1v) is 4.72. The van der Waals surface area contributed by atoms with E-state index in [1.165, 1.54) is 0 Å². The van der Waals surface area contributed by atoms with Gasteiger partial charge < -0.3 is 5.11 Å². The maximum Gasteiger partial charge on any atom is 0.309 e. The summed E-state index contributed by atoms with van der Waals surface area (Å²) in [6, 6.07) is 7.85. The second-order valence-electron chi connectivity index (χ2n) is 3.31. The van der Waals surface area contributed by atoms with E-state index in [4.69, 9.17) is 5.11 Å². The van der Waals surface area contributed by atoms with E-state index < -0.39 is 5.97 Å². The lowest BCUT2D eigenvalue weighted by atomic mass is 10.2. The minimum Gasteiger partial charge on any atom is -0.481 e. The number of nitrogens with zero attached hydrogens (tertiary/aromatic N) is 2. The number of hydrogen-bond donors (Lipinski definition) is 1. The Kier molecular flexibility index (Phi) is 2.58. The Bertz CT molecular complexity index is 497. The number of fused-ring (bicyclic) bond motifs is 1. The van der Waals surface area contributed by atoms with Crippen LogP contribution in [-0.4, -0.2) is 16.2 Å². The molecule has 2 rings (SSSR count). The van der Waals surface area contributed by atoms with E-state index in [9.17, 15) is 4.79 Å². The highest BCUT2D eigenvalue weighted by Crippen LogP contribution is 2.08. The van der Waals surface area contributed by atoms with E-state index in [1.807, 2.05) is 30.5 Å². The van der Waals surface area contributed by atoms with Gasteiger partial charge in [-0.15, -0.1) is 0 Å². The van der Waals surface area contributed by atoms with Gasteiger partial charge in [0.1, 0.15) is 12.6 Å². The number of carboxylic acid groups (broad SMARTS) is 1. The molecule has 1 aromatic carbocycles. The Morgan fingerprint density at radius 1 is 1.33 bits per heavy atom. The van der Waals surface area contributed by atoms with Crippen molar-refractivity contribution in [1.29, 1.82) is 0 Å². The SMILES string of the molecule is O=C(O)CC[n+]1cc2ccccc2cn1. The van der Waals surface area contributed by atoms with Crippen molar-refractivity contribution in [3.8, 4) is 0 Å². The number of aliphatic carboxylic acids is 1. The Morgan fingerprint density at radius 3 is 2.80 bits per heavy atom. The summed E-state index contributed by atoms with van der Waals surface area (Å²) >= 11 is 0. The smallest absolute Gasteiger partial charge is 0.309 e. The summed E-state index contributed by atoms with van der Waals surface area (Å²) in [4.78, 5) is 10.4. The van der Waals surface area contributed by atoms with Gasteiger partial charge in [-0.25, -0.2) is 0 Å². The van der Waals surface area contributed by atoms with Gasteiger partial charge in [0.25, 0.3) is 0 Å². The number of carbonyl (C=O) groups is 1. The molecule has 0 radical (unpaired) electrons. The summed E-state index contributed by atoms with van der Waals surface area (Å²) in [6.45, 7) is 0.403. The Morgan fingerprint density at radius 2 is 2.07 bits per heavy atom. The van der Waals surface area contributed by atoms with Crippen molar-refractivity contribution in [2.45, 2.75) is 13.0 Å². The van der Waals surface area contributed by atoms with E-state index in [1.54, 1.807) is 10.9 Å². The molecule has 4 heteroatoms. The van der Waals surface area contributed by atoms with Crippen molar-refractivity contribution in [2.24, 2.45) is 0 Å². The van der Waals surface area contributed by atoms with E-state index in [-0.39, 0.29) is 6.42 Å². The van der Waals surface area contributed by atoms with Crippen molar-refractivity contribution >= 4 is 16.7 Å². The zero-order chi connectivity index (χ0) is 10.7. The average Bonchev–Trinajstić information content (AvgIpc) is 2.26. The van der Waals surface area contributed by atoms with Crippen molar-refractivity contribution in [3.63, 3.8) is 0 Å².